The van der Waals surface area contributed by atoms with Gasteiger partial charge in [0.05, 0.1) is 6.04 Å². The highest BCUT2D eigenvalue weighted by molar-refractivity contribution is 7.08. The lowest BCUT2D eigenvalue weighted by Crippen LogP contribution is -2.44. The first-order valence-electron chi connectivity index (χ1n) is 6.80. The minimum absolute atomic E-state index is 0.00393. The molecule has 1 fully saturated rings. The van der Waals surface area contributed by atoms with Crippen LogP contribution < -0.4 is 10.6 Å². The maximum absolute atomic E-state index is 12.1. The van der Waals surface area contributed by atoms with Crippen molar-refractivity contribution in [2.24, 2.45) is 0 Å². The summed E-state index contributed by atoms with van der Waals surface area (Å²) < 4.78 is 0. The number of nitrogens with one attached hydrogen (secondary N) is 2. The zero-order chi connectivity index (χ0) is 12.8. The van der Waals surface area contributed by atoms with Crippen LogP contribution in [0.1, 0.15) is 43.2 Å². The van der Waals surface area contributed by atoms with Crippen LogP contribution in [0.4, 0.5) is 0 Å². The Hall–Kier alpha value is -0.870. The maximum Gasteiger partial charge on any atom is 0.237 e. The SMILES string of the molecule is Cc1cscc1CNC(=O)C1CCCCCCN1. The topological polar surface area (TPSA) is 41.1 Å². The summed E-state index contributed by atoms with van der Waals surface area (Å²) in [6.45, 7) is 3.72. The van der Waals surface area contributed by atoms with Crippen molar-refractivity contribution in [1.29, 1.82) is 0 Å². The van der Waals surface area contributed by atoms with Gasteiger partial charge >= 0.3 is 0 Å². The van der Waals surface area contributed by atoms with Crippen molar-refractivity contribution in [1.82, 2.24) is 10.6 Å². The Bertz CT molecular complexity index is 381. The Morgan fingerprint density at radius 1 is 1.39 bits per heavy atom. The van der Waals surface area contributed by atoms with Crippen molar-refractivity contribution >= 4 is 17.2 Å². The average Bonchev–Trinajstić information content (AvgIpc) is 2.71. The van der Waals surface area contributed by atoms with Gasteiger partial charge in [-0.25, -0.2) is 0 Å². The zero-order valence-electron chi connectivity index (χ0n) is 11.0. The Labute approximate surface area is 113 Å². The number of hydrogen-bond acceptors (Lipinski definition) is 3. The van der Waals surface area contributed by atoms with Gasteiger partial charge in [-0.2, -0.15) is 11.3 Å². The molecule has 0 saturated carbocycles. The molecule has 18 heavy (non-hydrogen) atoms. The summed E-state index contributed by atoms with van der Waals surface area (Å²) in [5.74, 6) is 0.155. The van der Waals surface area contributed by atoms with Gasteiger partial charge < -0.3 is 10.6 Å². The molecule has 1 aliphatic heterocycles. The summed E-state index contributed by atoms with van der Waals surface area (Å²) in [5, 5.41) is 10.6. The van der Waals surface area contributed by atoms with Crippen LogP contribution in [-0.4, -0.2) is 18.5 Å². The van der Waals surface area contributed by atoms with Crippen LogP contribution in [0.25, 0.3) is 0 Å². The molecule has 0 spiro atoms. The molecule has 1 aliphatic rings. The number of aryl methyl sites for hydroxylation is 1. The fourth-order valence-corrected chi connectivity index (χ4v) is 3.16. The highest BCUT2D eigenvalue weighted by Crippen LogP contribution is 2.14. The summed E-state index contributed by atoms with van der Waals surface area (Å²) in [5.41, 5.74) is 2.50. The average molecular weight is 266 g/mol. The van der Waals surface area contributed by atoms with Crippen LogP contribution in [0, 0.1) is 6.92 Å². The van der Waals surface area contributed by atoms with E-state index in [1.54, 1.807) is 11.3 Å². The molecular weight excluding hydrogens is 244 g/mol. The monoisotopic (exact) mass is 266 g/mol. The highest BCUT2D eigenvalue weighted by atomic mass is 32.1. The van der Waals surface area contributed by atoms with Gasteiger partial charge in [0.2, 0.25) is 5.91 Å². The lowest BCUT2D eigenvalue weighted by atomic mass is 10.0. The second kappa shape index (κ2) is 6.90. The van der Waals surface area contributed by atoms with Crippen LogP contribution in [0.3, 0.4) is 0 Å². The molecular formula is C14H22N2OS. The largest absolute Gasteiger partial charge is 0.351 e. The van der Waals surface area contributed by atoms with Crippen molar-refractivity contribution < 1.29 is 4.79 Å². The lowest BCUT2D eigenvalue weighted by molar-refractivity contribution is -0.123. The molecule has 0 aliphatic carbocycles. The van der Waals surface area contributed by atoms with E-state index in [0.717, 1.165) is 19.4 Å². The molecule has 2 heterocycles. The molecule has 2 rings (SSSR count). The van der Waals surface area contributed by atoms with Crippen molar-refractivity contribution in [2.75, 3.05) is 6.54 Å². The van der Waals surface area contributed by atoms with E-state index in [2.05, 4.69) is 28.3 Å². The van der Waals surface area contributed by atoms with E-state index >= 15 is 0 Å². The summed E-state index contributed by atoms with van der Waals surface area (Å²) in [7, 11) is 0. The molecule has 1 saturated heterocycles. The number of carbonyl (C=O) groups excluding carboxylic acids is 1. The zero-order valence-corrected chi connectivity index (χ0v) is 11.8. The smallest absolute Gasteiger partial charge is 0.237 e. The van der Waals surface area contributed by atoms with Gasteiger partial charge in [0.1, 0.15) is 0 Å². The first kappa shape index (κ1) is 13.6. The van der Waals surface area contributed by atoms with Crippen LogP contribution in [0.2, 0.25) is 0 Å². The van der Waals surface area contributed by atoms with Crippen LogP contribution in [-0.2, 0) is 11.3 Å². The number of carbonyl (C=O) groups is 1. The molecule has 100 valence electrons. The van der Waals surface area contributed by atoms with Gasteiger partial charge in [-0.1, -0.05) is 19.3 Å². The summed E-state index contributed by atoms with van der Waals surface area (Å²) in [6.07, 6.45) is 5.86. The van der Waals surface area contributed by atoms with E-state index in [9.17, 15) is 4.79 Å². The van der Waals surface area contributed by atoms with E-state index < -0.39 is 0 Å². The second-order valence-electron chi connectivity index (χ2n) is 5.01. The second-order valence-corrected chi connectivity index (χ2v) is 5.75. The van der Waals surface area contributed by atoms with Gasteiger partial charge in [0, 0.05) is 6.54 Å². The minimum Gasteiger partial charge on any atom is -0.351 e. The van der Waals surface area contributed by atoms with Crippen LogP contribution in [0.5, 0.6) is 0 Å². The lowest BCUT2D eigenvalue weighted by Gasteiger charge is -2.20. The van der Waals surface area contributed by atoms with Gasteiger partial charge in [-0.05, 0) is 48.2 Å². The molecule has 3 nitrogen and oxygen atoms in total. The fourth-order valence-electron chi connectivity index (χ4n) is 2.30. The third kappa shape index (κ3) is 3.82. The van der Waals surface area contributed by atoms with E-state index in [4.69, 9.17) is 0 Å². The third-order valence-electron chi connectivity index (χ3n) is 3.54. The number of hydrogen-bond donors (Lipinski definition) is 2. The molecule has 1 amide bonds. The van der Waals surface area contributed by atoms with Crippen LogP contribution >= 0.6 is 11.3 Å². The molecule has 1 atom stereocenters. The van der Waals surface area contributed by atoms with Crippen molar-refractivity contribution in [2.45, 2.75) is 51.6 Å². The Morgan fingerprint density at radius 3 is 3.00 bits per heavy atom. The minimum atomic E-state index is 0.00393. The predicted octanol–water partition coefficient (Wildman–Crippen LogP) is 2.60. The van der Waals surface area contributed by atoms with E-state index in [1.165, 1.54) is 30.4 Å². The predicted molar refractivity (Wildman–Crippen MR) is 75.8 cm³/mol. The Kier molecular flexibility index (Phi) is 5.20. The van der Waals surface area contributed by atoms with Gasteiger partial charge in [-0.3, -0.25) is 4.79 Å². The fraction of sp³-hybridized carbons (Fsp3) is 0.643. The van der Waals surface area contributed by atoms with E-state index in [0.29, 0.717) is 6.54 Å². The first-order valence-corrected chi connectivity index (χ1v) is 7.74. The molecule has 0 bridgehead atoms. The normalized spacial score (nSPS) is 21.1. The molecule has 1 unspecified atom stereocenters. The molecule has 1 aromatic rings. The van der Waals surface area contributed by atoms with Crippen molar-refractivity contribution in [3.8, 4) is 0 Å². The number of rotatable bonds is 3. The summed E-state index contributed by atoms with van der Waals surface area (Å²) >= 11 is 1.69. The van der Waals surface area contributed by atoms with Crippen LogP contribution in [0.15, 0.2) is 10.8 Å². The highest BCUT2D eigenvalue weighted by Gasteiger charge is 2.18. The molecule has 2 N–H and O–H groups in total. The third-order valence-corrected chi connectivity index (χ3v) is 4.45. The molecule has 1 aromatic heterocycles. The van der Waals surface area contributed by atoms with Crippen molar-refractivity contribution in [3.05, 3.63) is 21.9 Å². The Morgan fingerprint density at radius 2 is 2.22 bits per heavy atom. The van der Waals surface area contributed by atoms with Gasteiger partial charge in [-0.15, -0.1) is 0 Å². The Balaban J connectivity index is 1.81. The quantitative estimate of drug-likeness (QED) is 0.883. The van der Waals surface area contributed by atoms with E-state index in [1.807, 2.05) is 0 Å². The van der Waals surface area contributed by atoms with E-state index in [-0.39, 0.29) is 11.9 Å². The number of amides is 1. The molecule has 0 radical (unpaired) electrons. The van der Waals surface area contributed by atoms with Gasteiger partial charge in [0.15, 0.2) is 0 Å². The number of thiophene rings is 1. The molecule has 4 heteroatoms. The maximum atomic E-state index is 12.1. The standard InChI is InChI=1S/C14H22N2OS/c1-11-9-18-10-12(11)8-16-14(17)13-6-4-2-3-5-7-15-13/h9-10,13,15H,2-8H2,1H3,(H,16,17). The first-order chi connectivity index (χ1) is 8.77. The van der Waals surface area contributed by atoms with Gasteiger partial charge in [0.25, 0.3) is 0 Å². The summed E-state index contributed by atoms with van der Waals surface area (Å²) in [4.78, 5) is 12.1. The molecule has 0 aromatic carbocycles. The van der Waals surface area contributed by atoms with Crippen molar-refractivity contribution in [3.63, 3.8) is 0 Å². The summed E-state index contributed by atoms with van der Waals surface area (Å²) in [6, 6.07) is 0.00393.